The van der Waals surface area contributed by atoms with E-state index in [1.165, 1.54) is 11.8 Å². The van der Waals surface area contributed by atoms with Crippen LogP contribution in [0.2, 0.25) is 0 Å². The lowest BCUT2D eigenvalue weighted by molar-refractivity contribution is -0.123. The minimum atomic E-state index is -0.522. The highest BCUT2D eigenvalue weighted by molar-refractivity contribution is 9.10. The first kappa shape index (κ1) is 25.0. The maximum absolute atomic E-state index is 12.6. The lowest BCUT2D eigenvalue weighted by Crippen LogP contribution is -2.24. The van der Waals surface area contributed by atoms with Crippen molar-refractivity contribution in [3.05, 3.63) is 87.9 Å². The number of hydrogen-bond donors (Lipinski definition) is 1. The number of halogens is 1. The molecular weight excluding hydrogens is 500 g/mol. The van der Waals surface area contributed by atoms with Crippen molar-refractivity contribution in [3.8, 4) is 17.2 Å². The molecule has 0 fully saturated rings. The molecule has 0 saturated carbocycles. The van der Waals surface area contributed by atoms with E-state index >= 15 is 0 Å². The van der Waals surface area contributed by atoms with Crippen LogP contribution in [0.4, 0.5) is 0 Å². The van der Waals surface area contributed by atoms with Gasteiger partial charge in [-0.25, -0.2) is 10.2 Å². The van der Waals surface area contributed by atoms with Gasteiger partial charge < -0.3 is 14.2 Å². The van der Waals surface area contributed by atoms with Gasteiger partial charge in [0.05, 0.1) is 18.4 Å². The first-order valence-corrected chi connectivity index (χ1v) is 11.6. The second-order valence-corrected chi connectivity index (χ2v) is 8.02. The van der Waals surface area contributed by atoms with Crippen molar-refractivity contribution in [1.29, 1.82) is 0 Å². The summed E-state index contributed by atoms with van der Waals surface area (Å²) in [5.41, 5.74) is 4.48. The number of benzene rings is 3. The van der Waals surface area contributed by atoms with Crippen LogP contribution >= 0.6 is 15.9 Å². The molecule has 0 aliphatic carbocycles. The van der Waals surface area contributed by atoms with Crippen LogP contribution in [-0.4, -0.2) is 31.3 Å². The quantitative estimate of drug-likeness (QED) is 0.171. The highest BCUT2D eigenvalue weighted by Gasteiger charge is 2.12. The third-order valence-electron chi connectivity index (χ3n) is 4.67. The van der Waals surface area contributed by atoms with Crippen molar-refractivity contribution >= 4 is 34.0 Å². The Morgan fingerprint density at radius 2 is 1.62 bits per heavy atom. The van der Waals surface area contributed by atoms with Gasteiger partial charge in [-0.3, -0.25) is 4.79 Å². The van der Waals surface area contributed by atoms with Gasteiger partial charge >= 0.3 is 5.97 Å². The molecule has 0 radical (unpaired) electrons. The molecule has 0 atom stereocenters. The summed E-state index contributed by atoms with van der Waals surface area (Å²) in [7, 11) is 0. The van der Waals surface area contributed by atoms with E-state index in [1.54, 1.807) is 42.5 Å². The van der Waals surface area contributed by atoms with Crippen LogP contribution in [0.15, 0.2) is 76.3 Å². The SMILES string of the molecule is CCOc1ccc(C(=O)Oc2ccc(Br)cc2/C=N\NC(=O)COc2ccc(CC)cc2)cc1. The first-order valence-electron chi connectivity index (χ1n) is 10.8. The van der Waals surface area contributed by atoms with Gasteiger partial charge in [0.15, 0.2) is 6.61 Å². The van der Waals surface area contributed by atoms with E-state index < -0.39 is 11.9 Å². The van der Waals surface area contributed by atoms with Crippen LogP contribution in [0.25, 0.3) is 0 Å². The molecule has 3 rings (SSSR count). The van der Waals surface area contributed by atoms with Gasteiger partial charge in [0.1, 0.15) is 17.2 Å². The van der Waals surface area contributed by atoms with Crippen molar-refractivity contribution in [2.45, 2.75) is 20.3 Å². The summed E-state index contributed by atoms with van der Waals surface area (Å²) < 4.78 is 17.2. The first-order chi connectivity index (χ1) is 16.5. The fraction of sp³-hybridized carbons (Fsp3) is 0.192. The number of carbonyl (C=O) groups excluding carboxylic acids is 2. The van der Waals surface area contributed by atoms with Gasteiger partial charge in [0.25, 0.3) is 5.91 Å². The Balaban J connectivity index is 1.59. The number of nitrogens with one attached hydrogen (secondary N) is 1. The molecule has 0 spiro atoms. The Hall–Kier alpha value is -3.65. The van der Waals surface area contributed by atoms with Crippen molar-refractivity contribution in [2.24, 2.45) is 5.10 Å². The predicted molar refractivity (Wildman–Crippen MR) is 134 cm³/mol. The van der Waals surface area contributed by atoms with Gasteiger partial charge in [-0.15, -0.1) is 0 Å². The van der Waals surface area contributed by atoms with Gasteiger partial charge in [0, 0.05) is 10.0 Å². The van der Waals surface area contributed by atoms with Gasteiger partial charge in [0.2, 0.25) is 0 Å². The van der Waals surface area contributed by atoms with Crippen LogP contribution in [0.3, 0.4) is 0 Å². The summed E-state index contributed by atoms with van der Waals surface area (Å²) in [4.78, 5) is 24.6. The third kappa shape index (κ3) is 7.45. The third-order valence-corrected chi connectivity index (χ3v) is 5.16. The number of aryl methyl sites for hydroxylation is 1. The molecule has 0 saturated heterocycles. The normalized spacial score (nSPS) is 10.7. The molecule has 34 heavy (non-hydrogen) atoms. The number of rotatable bonds is 10. The minimum Gasteiger partial charge on any atom is -0.494 e. The molecule has 0 aromatic heterocycles. The summed E-state index contributed by atoms with van der Waals surface area (Å²) in [5, 5.41) is 3.96. The maximum Gasteiger partial charge on any atom is 0.343 e. The Morgan fingerprint density at radius 1 is 0.941 bits per heavy atom. The molecule has 8 heteroatoms. The molecule has 0 aliphatic heterocycles. The number of amides is 1. The van der Waals surface area contributed by atoms with Crippen LogP contribution in [0.1, 0.15) is 35.3 Å². The lowest BCUT2D eigenvalue weighted by atomic mass is 10.2. The van der Waals surface area contributed by atoms with Crippen LogP contribution < -0.4 is 19.6 Å². The average Bonchev–Trinajstić information content (AvgIpc) is 2.85. The summed E-state index contributed by atoms with van der Waals surface area (Å²) in [6.45, 7) is 4.32. The second-order valence-electron chi connectivity index (χ2n) is 7.11. The summed E-state index contributed by atoms with van der Waals surface area (Å²) in [5.74, 6) is 0.637. The van der Waals surface area contributed by atoms with Gasteiger partial charge in [-0.05, 0) is 73.5 Å². The van der Waals surface area contributed by atoms with Crippen molar-refractivity contribution < 1.29 is 23.8 Å². The number of nitrogens with zero attached hydrogens (tertiary/aromatic N) is 1. The fourth-order valence-electron chi connectivity index (χ4n) is 2.90. The zero-order valence-electron chi connectivity index (χ0n) is 18.9. The Morgan fingerprint density at radius 3 is 2.29 bits per heavy atom. The fourth-order valence-corrected chi connectivity index (χ4v) is 3.28. The minimum absolute atomic E-state index is 0.180. The number of hydrazone groups is 1. The van der Waals surface area contributed by atoms with Gasteiger partial charge in [-0.1, -0.05) is 35.0 Å². The number of ether oxygens (including phenoxy) is 3. The number of hydrogen-bond acceptors (Lipinski definition) is 6. The van der Waals surface area contributed by atoms with Crippen LogP contribution in [0, 0.1) is 0 Å². The van der Waals surface area contributed by atoms with E-state index in [4.69, 9.17) is 14.2 Å². The van der Waals surface area contributed by atoms with Crippen LogP contribution in [0.5, 0.6) is 17.2 Å². The zero-order valence-corrected chi connectivity index (χ0v) is 20.5. The highest BCUT2D eigenvalue weighted by atomic mass is 79.9. The molecule has 0 heterocycles. The van der Waals surface area contributed by atoms with E-state index in [9.17, 15) is 9.59 Å². The number of esters is 1. The Bertz CT molecular complexity index is 1140. The lowest BCUT2D eigenvalue weighted by Gasteiger charge is -2.09. The summed E-state index contributed by atoms with van der Waals surface area (Å²) in [6.07, 6.45) is 2.34. The van der Waals surface area contributed by atoms with E-state index in [1.807, 2.05) is 31.2 Å². The zero-order chi connectivity index (χ0) is 24.3. The highest BCUT2D eigenvalue weighted by Crippen LogP contribution is 2.23. The molecule has 0 aliphatic rings. The molecule has 1 N–H and O–H groups in total. The average molecular weight is 525 g/mol. The molecule has 176 valence electrons. The van der Waals surface area contributed by atoms with E-state index in [2.05, 4.69) is 33.4 Å². The molecule has 3 aromatic carbocycles. The van der Waals surface area contributed by atoms with Crippen molar-refractivity contribution in [1.82, 2.24) is 5.43 Å². The topological polar surface area (TPSA) is 86.2 Å². The van der Waals surface area contributed by atoms with Crippen molar-refractivity contribution in [2.75, 3.05) is 13.2 Å². The summed E-state index contributed by atoms with van der Waals surface area (Å²) in [6, 6.07) is 19.3. The number of carbonyl (C=O) groups is 2. The van der Waals surface area contributed by atoms with E-state index in [0.29, 0.717) is 35.0 Å². The Labute approximate surface area is 206 Å². The smallest absolute Gasteiger partial charge is 0.343 e. The maximum atomic E-state index is 12.6. The molecule has 7 nitrogen and oxygen atoms in total. The molecule has 0 bridgehead atoms. The second kappa shape index (κ2) is 12.6. The predicted octanol–water partition coefficient (Wildman–Crippen LogP) is 5.16. The molecule has 0 unspecified atom stereocenters. The molecule has 3 aromatic rings. The summed E-state index contributed by atoms with van der Waals surface area (Å²) >= 11 is 3.39. The van der Waals surface area contributed by atoms with Gasteiger partial charge in [-0.2, -0.15) is 5.10 Å². The van der Waals surface area contributed by atoms with Crippen LogP contribution in [-0.2, 0) is 11.2 Å². The largest absolute Gasteiger partial charge is 0.494 e. The standard InChI is InChI=1S/C26H25BrN2O5/c1-3-18-5-10-23(11-6-18)33-17-25(30)29-28-16-20-15-21(27)9-14-24(20)34-26(31)19-7-12-22(13-8-19)32-4-2/h5-16H,3-4,17H2,1-2H3,(H,29,30)/b28-16-. The van der Waals surface area contributed by atoms with E-state index in [0.717, 1.165) is 10.9 Å². The van der Waals surface area contributed by atoms with E-state index in [-0.39, 0.29) is 6.61 Å². The monoisotopic (exact) mass is 524 g/mol. The Kier molecular flexibility index (Phi) is 9.22. The van der Waals surface area contributed by atoms with Crippen molar-refractivity contribution in [3.63, 3.8) is 0 Å². The molecular formula is C26H25BrN2O5. The molecule has 1 amide bonds.